The van der Waals surface area contributed by atoms with Gasteiger partial charge in [-0.25, -0.2) is 0 Å². The van der Waals surface area contributed by atoms with Crippen LogP contribution >= 0.6 is 0 Å². The van der Waals surface area contributed by atoms with Gasteiger partial charge in [-0.3, -0.25) is 0 Å². The summed E-state index contributed by atoms with van der Waals surface area (Å²) in [6.45, 7) is 29.5. The van der Waals surface area contributed by atoms with Gasteiger partial charge in [-0.1, -0.05) is 0 Å². The Morgan fingerprint density at radius 2 is 0.600 bits per heavy atom. The van der Waals surface area contributed by atoms with Gasteiger partial charge in [0.1, 0.15) is 0 Å². The molecule has 0 aromatic heterocycles. The Hall–Kier alpha value is -0.0231. The summed E-state index contributed by atoms with van der Waals surface area (Å²) in [6, 6.07) is 0. The van der Waals surface area contributed by atoms with E-state index in [1.807, 2.05) is 0 Å². The lowest BCUT2D eigenvalue weighted by molar-refractivity contribution is -0.0730. The molecule has 3 aliphatic rings. The molecule has 0 radical (unpaired) electrons. The maximum atomic E-state index is 7.04. The Morgan fingerprint density at radius 1 is 0.429 bits per heavy atom. The second-order valence-corrected chi connectivity index (χ2v) is 18.4. The van der Waals surface area contributed by atoms with Gasteiger partial charge in [0.15, 0.2) is 0 Å². The lowest BCUT2D eigenvalue weighted by atomic mass is 9.81. The molecule has 0 amide bonds. The van der Waals surface area contributed by atoms with Gasteiger partial charge < -0.3 is 29.2 Å². The van der Waals surface area contributed by atoms with Gasteiger partial charge in [-0.2, -0.15) is 0 Å². The van der Waals surface area contributed by atoms with Crippen molar-refractivity contribution in [2.24, 2.45) is 0 Å². The van der Waals surface area contributed by atoms with Crippen molar-refractivity contribution in [1.82, 2.24) is 16.0 Å². The zero-order valence-corrected chi connectivity index (χ0v) is 26.2. The van der Waals surface area contributed by atoms with E-state index in [1.165, 1.54) is 0 Å². The number of hydrogen-bond donors (Lipinski definition) is 3. The molecule has 0 aliphatic carbocycles. The fourth-order valence-corrected chi connectivity index (χ4v) is 10.4. The average molecular weight is 512 g/mol. The van der Waals surface area contributed by atoms with E-state index in [2.05, 4.69) is 106 Å². The molecule has 35 heavy (non-hydrogen) atoms. The van der Waals surface area contributed by atoms with Gasteiger partial charge >= 0.3 is 8.80 Å². The quantitative estimate of drug-likeness (QED) is 0.407. The Kier molecular flexibility index (Phi) is 7.86. The third-order valence-electron chi connectivity index (χ3n) is 7.60. The molecule has 3 aliphatic heterocycles. The first-order valence-corrected chi connectivity index (χ1v) is 16.1. The predicted octanol–water partition coefficient (Wildman–Crippen LogP) is 5.53. The zero-order valence-electron chi connectivity index (χ0n) is 25.2. The zero-order chi connectivity index (χ0) is 26.7. The van der Waals surface area contributed by atoms with Crippen molar-refractivity contribution in [3.05, 3.63) is 0 Å². The lowest BCUT2D eigenvalue weighted by Gasteiger charge is -2.51. The van der Waals surface area contributed by atoms with Crippen LogP contribution in [0.4, 0.5) is 0 Å². The summed E-state index contributed by atoms with van der Waals surface area (Å²) in [5, 5.41) is 11.4. The normalized spacial score (nSPS) is 30.8. The molecule has 0 saturated carbocycles. The van der Waals surface area contributed by atoms with Crippen molar-refractivity contribution in [3.8, 4) is 0 Å². The van der Waals surface area contributed by atoms with Gasteiger partial charge in [0.2, 0.25) is 0 Å². The molecule has 3 N–H and O–H groups in total. The van der Waals surface area contributed by atoms with E-state index in [4.69, 9.17) is 13.3 Å². The fourth-order valence-electron chi connectivity index (χ4n) is 7.93. The molecule has 0 aromatic rings. The molecule has 3 heterocycles. The Balaban J connectivity index is 1.86. The highest BCUT2D eigenvalue weighted by Gasteiger charge is 2.51. The van der Waals surface area contributed by atoms with E-state index >= 15 is 0 Å². The second kappa shape index (κ2) is 9.32. The molecule has 3 saturated heterocycles. The van der Waals surface area contributed by atoms with Crippen LogP contribution in [-0.2, 0) is 13.3 Å². The topological polar surface area (TPSA) is 63.8 Å². The molecule has 0 unspecified atom stereocenters. The van der Waals surface area contributed by atoms with Crippen molar-refractivity contribution < 1.29 is 13.3 Å². The summed E-state index contributed by atoms with van der Waals surface area (Å²) in [7, 11) is -2.97. The number of nitrogens with one attached hydrogen (secondary N) is 3. The SMILES string of the molecule is CC1(C)CC(O[Si](C)(OC2CC(C)(C)NC(C)(C)C2)OC2CC(C)(C)NC(C)(C)C2)CC(C)(C)N1. The van der Waals surface area contributed by atoms with Gasteiger partial charge in [0.05, 0.1) is 18.3 Å². The van der Waals surface area contributed by atoms with Crippen LogP contribution in [0, 0.1) is 0 Å². The standard InChI is InChI=1S/C28H57N3O3Si/c1-23(2)14-20(15-24(3,4)29-23)32-35(13,33-21-16-25(5,6)30-26(7,8)17-21)34-22-18-27(9,10)31-28(11,12)19-22/h20-22,29-31H,14-19H2,1-13H3. The number of piperidine rings is 3. The molecule has 0 bridgehead atoms. The Morgan fingerprint density at radius 3 is 0.771 bits per heavy atom. The highest BCUT2D eigenvalue weighted by Crippen LogP contribution is 2.38. The lowest BCUT2D eigenvalue weighted by Crippen LogP contribution is -2.65. The molecule has 3 rings (SSSR count). The Labute approximate surface area is 217 Å². The van der Waals surface area contributed by atoms with E-state index in [0.717, 1.165) is 38.5 Å². The molecule has 3 fully saturated rings. The third-order valence-corrected chi connectivity index (χ3v) is 9.88. The molecule has 206 valence electrons. The summed E-state index contributed by atoms with van der Waals surface area (Å²) >= 11 is 0. The average Bonchev–Trinajstić information content (AvgIpc) is 2.43. The van der Waals surface area contributed by atoms with Crippen LogP contribution in [0.3, 0.4) is 0 Å². The summed E-state index contributed by atoms with van der Waals surface area (Å²) in [4.78, 5) is 0. The largest absolute Gasteiger partial charge is 0.498 e. The number of rotatable bonds is 6. The third kappa shape index (κ3) is 8.76. The summed E-state index contributed by atoms with van der Waals surface area (Å²) in [5.41, 5.74) is 0.0786. The van der Waals surface area contributed by atoms with Crippen LogP contribution in [0.15, 0.2) is 0 Å². The van der Waals surface area contributed by atoms with E-state index in [9.17, 15) is 0 Å². The van der Waals surface area contributed by atoms with Gasteiger partial charge in [-0.15, -0.1) is 0 Å². The van der Waals surface area contributed by atoms with Crippen molar-refractivity contribution in [1.29, 1.82) is 0 Å². The van der Waals surface area contributed by atoms with Crippen molar-refractivity contribution in [2.45, 2.75) is 180 Å². The predicted molar refractivity (Wildman–Crippen MR) is 148 cm³/mol. The first kappa shape index (κ1) is 29.5. The smallest absolute Gasteiger partial charge is 0.370 e. The minimum atomic E-state index is -2.97. The minimum absolute atomic E-state index is 0.0131. The maximum absolute atomic E-state index is 7.04. The van der Waals surface area contributed by atoms with Crippen LogP contribution in [0.2, 0.25) is 6.55 Å². The highest BCUT2D eigenvalue weighted by molar-refractivity contribution is 6.59. The van der Waals surface area contributed by atoms with Gasteiger partial charge in [-0.05, 0) is 122 Å². The van der Waals surface area contributed by atoms with Gasteiger partial charge in [0, 0.05) is 39.8 Å². The van der Waals surface area contributed by atoms with E-state index in [0.29, 0.717) is 0 Å². The first-order chi connectivity index (χ1) is 15.5. The first-order valence-electron chi connectivity index (χ1n) is 13.9. The van der Waals surface area contributed by atoms with Crippen LogP contribution in [0.25, 0.3) is 0 Å². The Bertz CT molecular complexity index is 617. The van der Waals surface area contributed by atoms with Crippen LogP contribution in [-0.4, -0.2) is 60.3 Å². The molecule has 7 heteroatoms. The fraction of sp³-hybridized carbons (Fsp3) is 1.00. The molecular formula is C28H57N3O3Si. The van der Waals surface area contributed by atoms with E-state index < -0.39 is 8.80 Å². The monoisotopic (exact) mass is 511 g/mol. The number of hydrogen-bond acceptors (Lipinski definition) is 6. The van der Waals surface area contributed by atoms with E-state index in [-0.39, 0.29) is 51.5 Å². The molecule has 0 atom stereocenters. The van der Waals surface area contributed by atoms with Crippen LogP contribution in [0.5, 0.6) is 0 Å². The van der Waals surface area contributed by atoms with Crippen molar-refractivity contribution in [2.75, 3.05) is 0 Å². The molecular weight excluding hydrogens is 454 g/mol. The molecule has 0 spiro atoms. The van der Waals surface area contributed by atoms with E-state index in [1.54, 1.807) is 0 Å². The summed E-state index contributed by atoms with van der Waals surface area (Å²) in [6.07, 6.45) is 6.08. The molecule has 6 nitrogen and oxygen atoms in total. The summed E-state index contributed by atoms with van der Waals surface area (Å²) < 4.78 is 21.1. The summed E-state index contributed by atoms with van der Waals surface area (Å²) in [5.74, 6) is 0. The van der Waals surface area contributed by atoms with Crippen molar-refractivity contribution >= 4 is 8.80 Å². The minimum Gasteiger partial charge on any atom is -0.370 e. The van der Waals surface area contributed by atoms with Crippen LogP contribution in [0.1, 0.15) is 122 Å². The molecule has 0 aromatic carbocycles. The second-order valence-electron chi connectivity index (χ2n) is 16.0. The highest BCUT2D eigenvalue weighted by atomic mass is 28.4. The maximum Gasteiger partial charge on any atom is 0.498 e. The van der Waals surface area contributed by atoms with Gasteiger partial charge in [0.25, 0.3) is 0 Å². The van der Waals surface area contributed by atoms with Crippen LogP contribution < -0.4 is 16.0 Å². The van der Waals surface area contributed by atoms with Crippen molar-refractivity contribution in [3.63, 3.8) is 0 Å².